The Morgan fingerprint density at radius 1 is 0.588 bits per heavy atom. The first-order chi connectivity index (χ1) is 8.47. The van der Waals surface area contributed by atoms with Gasteiger partial charge in [-0.3, -0.25) is 0 Å². The van der Waals surface area contributed by atoms with Gasteiger partial charge in [0.1, 0.15) is 0 Å². The number of rotatable bonds is 0. The highest BCUT2D eigenvalue weighted by atomic mass is 15.0. The summed E-state index contributed by atoms with van der Waals surface area (Å²) in [5.74, 6) is 13.7. The molecule has 1 N–H and O–H groups in total. The van der Waals surface area contributed by atoms with Gasteiger partial charge < -0.3 is 5.32 Å². The molecule has 88 valence electrons. The van der Waals surface area contributed by atoms with Crippen LogP contribution >= 0.6 is 0 Å². The van der Waals surface area contributed by atoms with Crippen LogP contribution in [-0.4, -0.2) is 13.1 Å². The van der Waals surface area contributed by atoms with E-state index in [0.717, 1.165) is 47.3 Å². The first kappa shape index (κ1) is 7.99. The zero-order valence-corrected chi connectivity index (χ0v) is 10.00. The molecule has 1 aliphatic heterocycles. The van der Waals surface area contributed by atoms with Crippen LogP contribution < -0.4 is 5.32 Å². The third-order valence-electron chi connectivity index (χ3n) is 8.63. The minimum Gasteiger partial charge on any atom is -0.316 e. The molecule has 0 aromatic heterocycles. The Morgan fingerprint density at radius 2 is 1.06 bits per heavy atom. The van der Waals surface area contributed by atoms with Crippen molar-refractivity contribution < 1.29 is 0 Å². The Kier molecular flexibility index (Phi) is 0.962. The third kappa shape index (κ3) is 0.528. The van der Waals surface area contributed by atoms with Gasteiger partial charge in [0.15, 0.2) is 0 Å². The molecule has 0 aromatic rings. The van der Waals surface area contributed by atoms with E-state index in [4.69, 9.17) is 0 Å². The lowest BCUT2D eigenvalue weighted by molar-refractivity contribution is -0.125. The molecular weight excluding hydrogens is 206 g/mol. The Hall–Kier alpha value is -0.300. The summed E-state index contributed by atoms with van der Waals surface area (Å²) in [7, 11) is 0. The Morgan fingerprint density at radius 3 is 1.59 bits per heavy atom. The SMILES string of the molecule is C1=CC2C3C4C1C1C2C2C3C3CNCC3C4C12. The van der Waals surface area contributed by atoms with Crippen molar-refractivity contribution in [1.82, 2.24) is 5.32 Å². The van der Waals surface area contributed by atoms with E-state index in [-0.39, 0.29) is 0 Å². The van der Waals surface area contributed by atoms with Gasteiger partial charge >= 0.3 is 0 Å². The van der Waals surface area contributed by atoms with Crippen LogP contribution in [0.25, 0.3) is 0 Å². The van der Waals surface area contributed by atoms with Crippen molar-refractivity contribution in [2.24, 2.45) is 71.0 Å². The summed E-state index contributed by atoms with van der Waals surface area (Å²) in [5, 5.41) is 3.74. The molecule has 12 unspecified atom stereocenters. The van der Waals surface area contributed by atoms with Crippen LogP contribution in [0.1, 0.15) is 0 Å². The van der Waals surface area contributed by atoms with Crippen LogP contribution in [0.4, 0.5) is 0 Å². The summed E-state index contributed by atoms with van der Waals surface area (Å²) in [6, 6.07) is 0. The van der Waals surface area contributed by atoms with E-state index >= 15 is 0 Å². The average molecular weight is 225 g/mol. The van der Waals surface area contributed by atoms with E-state index in [1.54, 1.807) is 0 Å². The molecule has 0 aromatic carbocycles. The molecule has 1 nitrogen and oxygen atoms in total. The molecule has 0 radical (unpaired) electrons. The fourth-order valence-electron chi connectivity index (χ4n) is 8.97. The van der Waals surface area contributed by atoms with Gasteiger partial charge in [0.2, 0.25) is 0 Å². The molecule has 2 bridgehead atoms. The second-order valence-corrected chi connectivity index (χ2v) is 8.14. The lowest BCUT2D eigenvalue weighted by Crippen LogP contribution is -2.57. The van der Waals surface area contributed by atoms with Crippen LogP contribution in [0.5, 0.6) is 0 Å². The summed E-state index contributed by atoms with van der Waals surface area (Å²) >= 11 is 0. The van der Waals surface area contributed by atoms with E-state index in [1.807, 2.05) is 0 Å². The normalized spacial score (nSPS) is 82.4. The Balaban J connectivity index is 1.57. The molecule has 6 aliphatic carbocycles. The minimum absolute atomic E-state index is 1.05. The Labute approximate surface area is 102 Å². The lowest BCUT2D eigenvalue weighted by atomic mass is 9.44. The smallest absolute Gasteiger partial charge is 0.00143 e. The topological polar surface area (TPSA) is 12.0 Å². The average Bonchev–Trinajstić information content (AvgIpc) is 2.92. The monoisotopic (exact) mass is 225 g/mol. The lowest BCUT2D eigenvalue weighted by Gasteiger charge is -2.59. The first-order valence-corrected chi connectivity index (χ1v) is 7.86. The second-order valence-electron chi connectivity index (χ2n) is 8.14. The molecular formula is C16H19N. The summed E-state index contributed by atoms with van der Waals surface area (Å²) < 4.78 is 0. The van der Waals surface area contributed by atoms with Crippen molar-refractivity contribution in [2.75, 3.05) is 13.1 Å². The fraction of sp³-hybridized carbons (Fsp3) is 0.875. The highest BCUT2D eigenvalue weighted by Crippen LogP contribution is 2.86. The van der Waals surface area contributed by atoms with E-state index < -0.39 is 0 Å². The second kappa shape index (κ2) is 2.05. The largest absolute Gasteiger partial charge is 0.316 e. The highest BCUT2D eigenvalue weighted by molar-refractivity contribution is 5.37. The van der Waals surface area contributed by atoms with E-state index in [0.29, 0.717) is 0 Å². The highest BCUT2D eigenvalue weighted by Gasteiger charge is 2.83. The third-order valence-corrected chi connectivity index (χ3v) is 8.63. The first-order valence-electron chi connectivity index (χ1n) is 7.86. The van der Waals surface area contributed by atoms with Gasteiger partial charge in [-0.25, -0.2) is 0 Å². The number of hydrogen-bond donors (Lipinski definition) is 1. The van der Waals surface area contributed by atoms with Crippen molar-refractivity contribution in [1.29, 1.82) is 0 Å². The maximum atomic E-state index is 3.74. The summed E-state index contributed by atoms with van der Waals surface area (Å²) in [5.41, 5.74) is 0. The van der Waals surface area contributed by atoms with Gasteiger partial charge in [-0.05, 0) is 84.1 Å². The maximum absolute atomic E-state index is 3.74. The Bertz CT molecular complexity index is 440. The van der Waals surface area contributed by atoms with E-state index in [9.17, 15) is 0 Å². The van der Waals surface area contributed by atoms with Gasteiger partial charge in [-0.15, -0.1) is 0 Å². The van der Waals surface area contributed by atoms with E-state index in [2.05, 4.69) is 17.5 Å². The van der Waals surface area contributed by atoms with Gasteiger partial charge in [-0.1, -0.05) is 12.2 Å². The molecule has 7 rings (SSSR count). The van der Waals surface area contributed by atoms with Gasteiger partial charge in [0.05, 0.1) is 0 Å². The van der Waals surface area contributed by atoms with Crippen LogP contribution in [0.3, 0.4) is 0 Å². The van der Waals surface area contributed by atoms with Gasteiger partial charge in [0.25, 0.3) is 0 Å². The minimum atomic E-state index is 1.05. The molecule has 7 aliphatic rings. The van der Waals surface area contributed by atoms with Crippen LogP contribution in [0.2, 0.25) is 0 Å². The zero-order valence-electron chi connectivity index (χ0n) is 10.00. The number of fused-ring (bicyclic) bond motifs is 3. The molecule has 5 saturated carbocycles. The van der Waals surface area contributed by atoms with Crippen molar-refractivity contribution in [2.45, 2.75) is 0 Å². The predicted molar refractivity (Wildman–Crippen MR) is 63.9 cm³/mol. The quantitative estimate of drug-likeness (QED) is 0.618. The molecule has 12 atom stereocenters. The predicted octanol–water partition coefficient (Wildman–Crippen LogP) is 1.62. The molecule has 6 fully saturated rings. The summed E-state index contributed by atoms with van der Waals surface area (Å²) in [4.78, 5) is 0. The summed E-state index contributed by atoms with van der Waals surface area (Å²) in [6.45, 7) is 2.74. The van der Waals surface area contributed by atoms with Crippen LogP contribution in [-0.2, 0) is 0 Å². The molecule has 17 heavy (non-hydrogen) atoms. The zero-order chi connectivity index (χ0) is 10.5. The van der Waals surface area contributed by atoms with Crippen molar-refractivity contribution in [3.8, 4) is 0 Å². The molecule has 1 heterocycles. The van der Waals surface area contributed by atoms with Crippen molar-refractivity contribution >= 4 is 0 Å². The van der Waals surface area contributed by atoms with Crippen molar-refractivity contribution in [3.05, 3.63) is 12.2 Å². The fourth-order valence-corrected chi connectivity index (χ4v) is 8.97. The van der Waals surface area contributed by atoms with E-state index in [1.165, 1.54) is 36.8 Å². The number of nitrogens with one attached hydrogen (secondary N) is 1. The number of allylic oxidation sites excluding steroid dienone is 2. The van der Waals surface area contributed by atoms with Crippen LogP contribution in [0.15, 0.2) is 12.2 Å². The van der Waals surface area contributed by atoms with Crippen molar-refractivity contribution in [3.63, 3.8) is 0 Å². The standard InChI is InChI=1S/C16H19N/c1-2-6-10-9-5(1)11-12(6)16-14(10)8-4-17-3-7(8)13(9)15(11)16/h1-2,5-17H,3-4H2. The molecule has 1 saturated heterocycles. The molecule has 1 heteroatoms. The summed E-state index contributed by atoms with van der Waals surface area (Å²) in [6.07, 6.45) is 5.34. The molecule has 0 spiro atoms. The van der Waals surface area contributed by atoms with Crippen LogP contribution in [0, 0.1) is 71.0 Å². The molecule has 0 amide bonds. The number of hydrogen-bond acceptors (Lipinski definition) is 1. The van der Waals surface area contributed by atoms with Gasteiger partial charge in [-0.2, -0.15) is 0 Å². The van der Waals surface area contributed by atoms with Gasteiger partial charge in [0, 0.05) is 0 Å². The maximum Gasteiger partial charge on any atom is -0.00143 e.